The van der Waals surface area contributed by atoms with Gasteiger partial charge in [0.1, 0.15) is 5.58 Å². The van der Waals surface area contributed by atoms with Gasteiger partial charge in [-0.2, -0.15) is 79.1 Å². The zero-order chi connectivity index (χ0) is 87.8. The van der Waals surface area contributed by atoms with Crippen molar-refractivity contribution in [3.63, 3.8) is 0 Å². The Morgan fingerprint density at radius 1 is 0.326 bits per heavy atom. The Kier molecular flexibility index (Phi) is 38.8. The summed E-state index contributed by atoms with van der Waals surface area (Å²) < 4.78 is 7.85. The zero-order valence-electron chi connectivity index (χ0n) is 73.6. The van der Waals surface area contributed by atoms with Gasteiger partial charge in [0.25, 0.3) is 0 Å². The molecule has 21 aromatic rings. The molecule has 18 heteroatoms. The third-order valence-electron chi connectivity index (χ3n) is 21.8. The number of rotatable bonds is 9. The molecule has 24 rings (SSSR count). The summed E-state index contributed by atoms with van der Waals surface area (Å²) in [5, 5.41) is 11.3. The van der Waals surface area contributed by atoms with Crippen molar-refractivity contribution in [3.8, 4) is 84.2 Å². The van der Waals surface area contributed by atoms with Crippen LogP contribution in [0.5, 0.6) is 0 Å². The van der Waals surface area contributed by atoms with Gasteiger partial charge in [0, 0.05) is 186 Å². The Bertz CT molecular complexity index is 6880. The first kappa shape index (κ1) is 103. The third kappa shape index (κ3) is 25.6. The standard InChI is InChI=1S/C18H15N2.C17H12N.C16H12N2O.2C15H10N.C14H12N2.2C11H8N.6Ir/c1-18(2)16-7-4-3-6-14(16)15-9-8-13(12-17(15)18)20-11-5-10-19-20;1-2-7-14(8-3-1)15-9-6-10-16(13-15)17-11-4-5-12-18-17;1-17-9-10-18(11-17)14-7-4-6-13-12-5-2-3-8-15(12)19-16(13)14;2*1-2-7-13(8-3-1)15-14-9-5-4-6-12(14)10-11-16-15;1-15-11-16(12-7-3-2-4-8-12)14-10-6-5-9-13(14)15;2*1-2-6-10(7-3-1)11-8-4-5-9-12-11;;;;;;/h3-7,9-12H,1-2H3;1-9,11-13H;2-6,8-11H,1H3;2*1-7,9-11H;2-7,9-11H,1H3;2*1-6,8-9H;;;;;;/q2*-1;-2;2*-1;-2;2*-1;;;;;;. The Morgan fingerprint density at radius 3 is 1.36 bits per heavy atom. The van der Waals surface area contributed by atoms with Crippen LogP contribution >= 0.6 is 0 Å². The van der Waals surface area contributed by atoms with Crippen LogP contribution in [0.4, 0.5) is 22.7 Å². The van der Waals surface area contributed by atoms with Crippen LogP contribution < -0.4 is 14.7 Å². The summed E-state index contributed by atoms with van der Waals surface area (Å²) in [6, 6.07) is 155. The van der Waals surface area contributed by atoms with Crippen LogP contribution in [0.3, 0.4) is 0 Å². The van der Waals surface area contributed by atoms with E-state index in [1.54, 1.807) is 24.8 Å². The molecule has 0 atom stereocenters. The van der Waals surface area contributed by atoms with Gasteiger partial charge in [-0.15, -0.1) is 202 Å². The van der Waals surface area contributed by atoms with E-state index in [0.29, 0.717) is 0 Å². The average molecular weight is 2820 g/mol. The van der Waals surface area contributed by atoms with E-state index in [2.05, 4.69) is 237 Å². The van der Waals surface area contributed by atoms with E-state index in [4.69, 9.17) is 4.42 Å². The summed E-state index contributed by atoms with van der Waals surface area (Å²) in [5.41, 5.74) is 25.1. The van der Waals surface area contributed by atoms with Gasteiger partial charge in [0.15, 0.2) is 0 Å². The second kappa shape index (κ2) is 51.1. The molecule has 14 aromatic carbocycles. The summed E-state index contributed by atoms with van der Waals surface area (Å²) in [7, 11) is 4.05. The van der Waals surface area contributed by atoms with Crippen molar-refractivity contribution in [2.75, 3.05) is 28.8 Å². The predicted octanol–water partition coefficient (Wildman–Crippen LogP) is 27.6. The van der Waals surface area contributed by atoms with Crippen molar-refractivity contribution < 1.29 is 125 Å². The monoisotopic (exact) mass is 2820 g/mol. The number of hydrogen-bond donors (Lipinski definition) is 0. The van der Waals surface area contributed by atoms with Crippen molar-refractivity contribution in [3.05, 3.63) is 517 Å². The number of aromatic nitrogens is 7. The first-order valence-corrected chi connectivity index (χ1v) is 42.4. The summed E-state index contributed by atoms with van der Waals surface area (Å²) in [4.78, 5) is 30.0. The predicted molar refractivity (Wildman–Crippen MR) is 526 cm³/mol. The van der Waals surface area contributed by atoms with Crippen molar-refractivity contribution in [1.29, 1.82) is 0 Å². The maximum Gasteiger partial charge on any atom is 0.116 e. The second-order valence-electron chi connectivity index (χ2n) is 30.6. The number of nitrogens with zero attached hydrogens (tertiary/aromatic N) is 11. The number of anilines is 4. The first-order chi connectivity index (χ1) is 63.6. The fourth-order valence-electron chi connectivity index (χ4n) is 15.5. The molecule has 0 unspecified atom stereocenters. The third-order valence-corrected chi connectivity index (χ3v) is 21.8. The molecule has 12 nitrogen and oxygen atoms in total. The average Bonchev–Trinajstić information content (AvgIpc) is 1.58. The van der Waals surface area contributed by atoms with E-state index in [1.807, 2.05) is 326 Å². The number of hydrogen-bond acceptors (Lipinski definition) is 11. The van der Waals surface area contributed by atoms with Gasteiger partial charge < -0.3 is 48.9 Å². The number of furan rings is 1. The SMILES string of the molecule is CC1(C)c2ccccc2-c2c[c-]c(-n3cccn3)cc21.CN1C=CN(c2[c-]ccc3c2oc2ccccc23)[CH-]1.CN1[CH-]N(c2[c-]cccc2)c2ccccc21.[Ir].[Ir].[Ir].[Ir].[Ir].[Ir].[c-]1ccc(-c2ccccc2)cc1-c1ccccn1.[c-]1ccccc1-c1ccccn1.[c-]1ccccc1-c1ccccn1.[c-]1ccccc1-c1nccc2ccccc12.[c-]1ccccc1-c1nccc2ccccc12. The second-order valence-corrected chi connectivity index (χ2v) is 30.6. The minimum Gasteiger partial charge on any atom is -0.514 e. The molecular formula is C117H87Ir6N11O-10. The van der Waals surface area contributed by atoms with Gasteiger partial charge in [0.05, 0.1) is 0 Å². The molecule has 7 aromatic heterocycles. The first-order valence-electron chi connectivity index (χ1n) is 42.4. The molecule has 0 saturated carbocycles. The minimum absolute atomic E-state index is 0. The van der Waals surface area contributed by atoms with Crippen LogP contribution in [-0.4, -0.2) is 53.7 Å². The van der Waals surface area contributed by atoms with Gasteiger partial charge in [0.2, 0.25) is 0 Å². The van der Waals surface area contributed by atoms with E-state index in [0.717, 1.165) is 95.3 Å². The van der Waals surface area contributed by atoms with Crippen LogP contribution in [0.1, 0.15) is 25.0 Å². The van der Waals surface area contributed by atoms with Gasteiger partial charge in [-0.05, 0) is 153 Å². The number of para-hydroxylation sites is 4. The molecule has 3 aliphatic rings. The maximum absolute atomic E-state index is 5.99. The van der Waals surface area contributed by atoms with Gasteiger partial charge in [-0.1, -0.05) is 200 Å². The Morgan fingerprint density at radius 2 is 0.822 bits per heavy atom. The normalized spacial score (nSPS) is 11.6. The van der Waals surface area contributed by atoms with Crippen LogP contribution in [0.25, 0.3) is 128 Å². The molecule has 1 aliphatic carbocycles. The molecule has 135 heavy (non-hydrogen) atoms. The van der Waals surface area contributed by atoms with Gasteiger partial charge >= 0.3 is 0 Å². The topological polar surface area (TPSA) is 108 Å². The van der Waals surface area contributed by atoms with Crippen LogP contribution in [0.2, 0.25) is 0 Å². The summed E-state index contributed by atoms with van der Waals surface area (Å²) in [5.74, 6) is 0. The number of pyridine rings is 5. The zero-order valence-corrected chi connectivity index (χ0v) is 88.0. The molecule has 0 bridgehead atoms. The largest absolute Gasteiger partial charge is 0.514 e. The smallest absolute Gasteiger partial charge is 0.116 e. The Labute approximate surface area is 871 Å². The quantitative estimate of drug-likeness (QED) is 0.129. The molecule has 0 saturated heterocycles. The molecule has 0 spiro atoms. The van der Waals surface area contributed by atoms with E-state index in [-0.39, 0.29) is 126 Å². The van der Waals surface area contributed by atoms with E-state index >= 15 is 0 Å². The number of fused-ring (bicyclic) bond motifs is 9. The van der Waals surface area contributed by atoms with Gasteiger partial charge in [-0.3, -0.25) is 4.68 Å². The Balaban J connectivity index is 0.000000148. The fourth-order valence-corrected chi connectivity index (χ4v) is 15.5. The molecule has 2 aliphatic heterocycles. The molecule has 9 heterocycles. The van der Waals surface area contributed by atoms with Crippen LogP contribution in [0.15, 0.2) is 448 Å². The molecule has 0 fully saturated rings. The summed E-state index contributed by atoms with van der Waals surface area (Å²) in [6.45, 7) is 8.64. The van der Waals surface area contributed by atoms with Crippen molar-refractivity contribution in [1.82, 2.24) is 39.6 Å². The van der Waals surface area contributed by atoms with Crippen molar-refractivity contribution in [2.24, 2.45) is 0 Å². The van der Waals surface area contributed by atoms with Crippen LogP contribution in [0, 0.1) is 61.9 Å². The van der Waals surface area contributed by atoms with E-state index in [9.17, 15) is 0 Å². The van der Waals surface area contributed by atoms with E-state index < -0.39 is 0 Å². The minimum atomic E-state index is 0. The van der Waals surface area contributed by atoms with Crippen molar-refractivity contribution in [2.45, 2.75) is 19.3 Å². The molecule has 6 radical (unpaired) electrons. The van der Waals surface area contributed by atoms with Gasteiger partial charge in [-0.25, -0.2) is 0 Å². The van der Waals surface area contributed by atoms with Crippen molar-refractivity contribution >= 4 is 66.2 Å². The van der Waals surface area contributed by atoms with E-state index in [1.165, 1.54) is 66.3 Å². The Hall–Kier alpha value is -12.8. The molecule has 680 valence electrons. The summed E-state index contributed by atoms with van der Waals surface area (Å²) >= 11 is 0. The molecular weight excluding hydrogens is 2730 g/mol. The molecule has 0 amide bonds. The fraction of sp³-hybridized carbons (Fsp3) is 0.0427. The van der Waals surface area contributed by atoms with Crippen LogP contribution in [-0.2, 0) is 126 Å². The molecule has 0 N–H and O–H groups in total. The summed E-state index contributed by atoms with van der Waals surface area (Å²) in [6.07, 6.45) is 16.8. The maximum atomic E-state index is 5.99. The number of benzene rings is 14.